The molecule has 1 amide bonds. The van der Waals surface area contributed by atoms with Crippen LogP contribution in [0.4, 0.5) is 11.4 Å². The van der Waals surface area contributed by atoms with Crippen molar-refractivity contribution in [3.63, 3.8) is 0 Å². The maximum Gasteiger partial charge on any atom is 0.286 e. The second-order valence-corrected chi connectivity index (χ2v) is 10.1. The molecule has 1 aliphatic heterocycles. The highest BCUT2D eigenvalue weighted by atomic mass is 35.5. The fourth-order valence-electron chi connectivity index (χ4n) is 2.85. The summed E-state index contributed by atoms with van der Waals surface area (Å²) in [6.45, 7) is 1.55. The van der Waals surface area contributed by atoms with E-state index in [1.54, 1.807) is 37.4 Å². The number of thioether (sulfide) groups is 1. The van der Waals surface area contributed by atoms with Crippen LogP contribution in [0.5, 0.6) is 0 Å². The zero-order valence-corrected chi connectivity index (χ0v) is 18.7. The van der Waals surface area contributed by atoms with Crippen LogP contribution in [0.1, 0.15) is 12.5 Å². The highest BCUT2D eigenvalue weighted by Crippen LogP contribution is 2.33. The number of carbonyl (C=O) groups is 1. The molecule has 0 fully saturated rings. The van der Waals surface area contributed by atoms with Crippen LogP contribution in [0.2, 0.25) is 5.02 Å². The van der Waals surface area contributed by atoms with Crippen LogP contribution in [-0.2, 0) is 14.8 Å². The van der Waals surface area contributed by atoms with E-state index in [1.807, 2.05) is 30.3 Å². The van der Waals surface area contributed by atoms with Crippen LogP contribution in [-0.4, -0.2) is 30.2 Å². The van der Waals surface area contributed by atoms with Gasteiger partial charge in [-0.05, 0) is 66.7 Å². The fraction of sp³-hybridized carbons (Fsp3) is 0.0952. The fourth-order valence-corrected chi connectivity index (χ4v) is 4.47. The van der Waals surface area contributed by atoms with Gasteiger partial charge in [0.15, 0.2) is 5.17 Å². The molecule has 7 nitrogen and oxygen atoms in total. The van der Waals surface area contributed by atoms with E-state index in [1.165, 1.54) is 11.8 Å². The molecule has 4 rings (SSSR count). The van der Waals surface area contributed by atoms with Crippen LogP contribution in [0, 0.1) is 0 Å². The number of aromatic nitrogens is 1. The number of hydrogen-bond donors (Lipinski definition) is 2. The number of fused-ring (bicyclic) bond motifs is 1. The Labute approximate surface area is 188 Å². The van der Waals surface area contributed by atoms with Gasteiger partial charge in [0.1, 0.15) is 0 Å². The zero-order chi connectivity index (χ0) is 22.0. The molecular weight excluding hydrogens is 456 g/mol. The minimum absolute atomic E-state index is 0.0472. The molecule has 10 heteroatoms. The Morgan fingerprint density at radius 3 is 2.81 bits per heavy atom. The summed E-state index contributed by atoms with van der Waals surface area (Å²) in [6, 6.07) is 14.2. The normalized spacial score (nSPS) is 15.4. The topological polar surface area (TPSA) is 101 Å². The van der Waals surface area contributed by atoms with Gasteiger partial charge in [-0.3, -0.25) is 14.5 Å². The second-order valence-electron chi connectivity index (χ2n) is 6.61. The number of sulfonamides is 1. The first-order valence-corrected chi connectivity index (χ1v) is 12.1. The number of carbonyl (C=O) groups excluding carboxylic acids is 1. The van der Waals surface area contributed by atoms with E-state index < -0.39 is 10.0 Å². The van der Waals surface area contributed by atoms with Crippen molar-refractivity contribution in [2.45, 2.75) is 6.92 Å². The van der Waals surface area contributed by atoms with E-state index in [0.29, 0.717) is 26.5 Å². The first-order chi connectivity index (χ1) is 14.8. The van der Waals surface area contributed by atoms with Crippen LogP contribution < -0.4 is 10.0 Å². The number of amides is 1. The van der Waals surface area contributed by atoms with Crippen molar-refractivity contribution in [3.8, 4) is 0 Å². The van der Waals surface area contributed by atoms with Gasteiger partial charge in [0.05, 0.1) is 32.6 Å². The number of anilines is 2. The van der Waals surface area contributed by atoms with E-state index in [9.17, 15) is 13.2 Å². The highest BCUT2D eigenvalue weighted by molar-refractivity contribution is 8.18. The third kappa shape index (κ3) is 5.07. The van der Waals surface area contributed by atoms with Gasteiger partial charge in [0, 0.05) is 11.6 Å². The number of rotatable bonds is 5. The van der Waals surface area contributed by atoms with Crippen LogP contribution >= 0.6 is 23.4 Å². The number of nitrogens with one attached hydrogen (secondary N) is 2. The summed E-state index contributed by atoms with van der Waals surface area (Å²) in [7, 11) is -3.42. The Morgan fingerprint density at radius 2 is 2.00 bits per heavy atom. The standard InChI is InChI=1S/C21H17ClN4O3S2/c1-2-31(28,29)26-15-6-7-16(22)18(12-15)24-21-25-20(27)19(30-21)11-13-5-8-17-14(10-13)4-3-9-23-17/h3-12,26H,2H2,1H3,(H,24,25,27). The molecule has 0 unspecified atom stereocenters. The minimum atomic E-state index is -3.42. The second kappa shape index (κ2) is 8.70. The Kier molecular flexibility index (Phi) is 5.99. The summed E-state index contributed by atoms with van der Waals surface area (Å²) in [5.41, 5.74) is 2.54. The molecule has 1 aliphatic rings. The van der Waals surface area contributed by atoms with Gasteiger partial charge in [0.25, 0.3) is 5.91 Å². The maximum absolute atomic E-state index is 12.4. The largest absolute Gasteiger partial charge is 0.333 e. The van der Waals surface area contributed by atoms with Crippen molar-refractivity contribution in [3.05, 3.63) is 70.2 Å². The number of hydrogen-bond acceptors (Lipinski definition) is 6. The van der Waals surface area contributed by atoms with E-state index in [0.717, 1.165) is 16.5 Å². The number of benzene rings is 2. The number of halogens is 1. The minimum Gasteiger partial charge on any atom is -0.333 e. The summed E-state index contributed by atoms with van der Waals surface area (Å²) in [5, 5.41) is 4.71. The van der Waals surface area contributed by atoms with Gasteiger partial charge in [0.2, 0.25) is 10.0 Å². The van der Waals surface area contributed by atoms with Gasteiger partial charge < -0.3 is 5.32 Å². The summed E-state index contributed by atoms with van der Waals surface area (Å²) < 4.78 is 26.1. The zero-order valence-electron chi connectivity index (χ0n) is 16.3. The molecule has 0 radical (unpaired) electrons. The smallest absolute Gasteiger partial charge is 0.286 e. The van der Waals surface area contributed by atoms with Crippen molar-refractivity contribution in [2.24, 2.45) is 4.99 Å². The molecule has 0 aliphatic carbocycles. The van der Waals surface area contributed by atoms with E-state index in [4.69, 9.17) is 11.6 Å². The van der Waals surface area contributed by atoms with Gasteiger partial charge in [-0.1, -0.05) is 23.7 Å². The highest BCUT2D eigenvalue weighted by Gasteiger charge is 2.23. The van der Waals surface area contributed by atoms with Crippen LogP contribution in [0.15, 0.2) is 64.6 Å². The Bertz CT molecular complexity index is 1350. The van der Waals surface area contributed by atoms with Gasteiger partial charge in [-0.2, -0.15) is 4.99 Å². The third-order valence-electron chi connectivity index (χ3n) is 4.41. The van der Waals surface area contributed by atoms with E-state index >= 15 is 0 Å². The summed E-state index contributed by atoms with van der Waals surface area (Å²) in [4.78, 5) is 21.2. The summed E-state index contributed by atoms with van der Waals surface area (Å²) >= 11 is 7.41. The molecule has 2 heterocycles. The molecule has 0 saturated heterocycles. The third-order valence-corrected chi connectivity index (χ3v) is 6.94. The van der Waals surface area contributed by atoms with Crippen molar-refractivity contribution in [1.29, 1.82) is 0 Å². The van der Waals surface area contributed by atoms with Gasteiger partial charge in [-0.25, -0.2) is 8.42 Å². The quantitative estimate of drug-likeness (QED) is 0.520. The van der Waals surface area contributed by atoms with Crippen molar-refractivity contribution in [2.75, 3.05) is 15.8 Å². The number of pyridine rings is 1. The molecule has 2 aromatic carbocycles. The number of amidine groups is 1. The van der Waals surface area contributed by atoms with Crippen molar-refractivity contribution < 1.29 is 13.2 Å². The molecular formula is C21H17ClN4O3S2. The lowest BCUT2D eigenvalue weighted by atomic mass is 10.1. The molecule has 0 bridgehead atoms. The van der Waals surface area contributed by atoms with Crippen LogP contribution in [0.3, 0.4) is 0 Å². The number of aliphatic imine (C=N–C) groups is 1. The predicted octanol–water partition coefficient (Wildman–Crippen LogP) is 4.73. The predicted molar refractivity (Wildman–Crippen MR) is 128 cm³/mol. The summed E-state index contributed by atoms with van der Waals surface area (Å²) in [6.07, 6.45) is 3.50. The van der Waals surface area contributed by atoms with Gasteiger partial charge in [-0.15, -0.1) is 0 Å². The lowest BCUT2D eigenvalue weighted by Crippen LogP contribution is -2.15. The Balaban J connectivity index is 1.53. The average Bonchev–Trinajstić information content (AvgIpc) is 3.09. The lowest BCUT2D eigenvalue weighted by molar-refractivity contribution is -0.113. The molecule has 3 aromatic rings. The molecule has 31 heavy (non-hydrogen) atoms. The molecule has 2 N–H and O–H groups in total. The first kappa shape index (κ1) is 21.4. The van der Waals surface area contributed by atoms with E-state index in [2.05, 4.69) is 20.0 Å². The maximum atomic E-state index is 12.4. The lowest BCUT2D eigenvalue weighted by Gasteiger charge is -2.11. The monoisotopic (exact) mass is 472 g/mol. The molecule has 0 atom stereocenters. The Morgan fingerprint density at radius 1 is 1.16 bits per heavy atom. The molecule has 0 spiro atoms. The number of nitrogens with zero attached hydrogens (tertiary/aromatic N) is 2. The van der Waals surface area contributed by atoms with Gasteiger partial charge >= 0.3 is 0 Å². The summed E-state index contributed by atoms with van der Waals surface area (Å²) in [5.74, 6) is -0.410. The Hall–Kier alpha value is -2.88. The molecule has 1 aromatic heterocycles. The van der Waals surface area contributed by atoms with E-state index in [-0.39, 0.29) is 11.7 Å². The van der Waals surface area contributed by atoms with Crippen molar-refractivity contribution in [1.82, 2.24) is 4.98 Å². The molecule has 158 valence electrons. The molecule has 0 saturated carbocycles. The average molecular weight is 473 g/mol. The first-order valence-electron chi connectivity index (χ1n) is 9.27. The van der Waals surface area contributed by atoms with Crippen LogP contribution in [0.25, 0.3) is 17.0 Å². The van der Waals surface area contributed by atoms with Crippen molar-refractivity contribution >= 4 is 72.8 Å². The SMILES string of the molecule is CCS(=O)(=O)Nc1ccc(Cl)c(NC2=NC(=O)C(=Cc3ccc4ncccc4c3)S2)c1.